The van der Waals surface area contributed by atoms with Crippen molar-refractivity contribution >= 4 is 5.78 Å². The monoisotopic (exact) mass is 182 g/mol. The smallest absolute Gasteiger partial charge is 0.380 e. The van der Waals surface area contributed by atoms with Gasteiger partial charge in [0.05, 0.1) is 0 Å². The zero-order valence-corrected chi connectivity index (χ0v) is 6.32. The van der Waals surface area contributed by atoms with Crippen LogP contribution in [0.5, 0.6) is 0 Å². The van der Waals surface area contributed by atoms with Crippen molar-refractivity contribution in [3.05, 3.63) is 0 Å². The Labute approximate surface area is 67.4 Å². The highest BCUT2D eigenvalue weighted by atomic mass is 19.4. The molecule has 1 N–H and O–H groups in total. The first-order valence-corrected chi connectivity index (χ1v) is 3.66. The van der Waals surface area contributed by atoms with Crippen LogP contribution in [-0.4, -0.2) is 22.7 Å². The Morgan fingerprint density at radius 1 is 1.42 bits per heavy atom. The zero-order chi connectivity index (χ0) is 9.41. The van der Waals surface area contributed by atoms with Crippen LogP contribution < -0.4 is 0 Å². The third kappa shape index (κ3) is 1.60. The molecule has 70 valence electrons. The maximum Gasteiger partial charge on any atom is 0.417 e. The lowest BCUT2D eigenvalue weighted by atomic mass is 9.83. The van der Waals surface area contributed by atoms with E-state index >= 15 is 0 Å². The normalized spacial score (nSPS) is 32.2. The summed E-state index contributed by atoms with van der Waals surface area (Å²) in [5, 5.41) is 9.03. The molecule has 1 rings (SSSR count). The number of aliphatic hydroxyl groups is 1. The Bertz CT molecular complexity index is 199. The number of ketones is 1. The third-order valence-corrected chi connectivity index (χ3v) is 2.06. The molecular weight excluding hydrogens is 173 g/mol. The SMILES string of the molecule is O=C1CCCC(O)(C(F)(F)F)C1. The summed E-state index contributed by atoms with van der Waals surface area (Å²) in [5.74, 6) is -0.513. The van der Waals surface area contributed by atoms with Crippen molar-refractivity contribution in [3.63, 3.8) is 0 Å². The van der Waals surface area contributed by atoms with Crippen molar-refractivity contribution in [1.29, 1.82) is 0 Å². The number of hydrogen-bond acceptors (Lipinski definition) is 2. The molecular formula is C7H9F3O2. The highest BCUT2D eigenvalue weighted by Gasteiger charge is 2.55. The largest absolute Gasteiger partial charge is 0.417 e. The Balaban J connectivity index is 2.77. The molecule has 1 aliphatic carbocycles. The summed E-state index contributed by atoms with van der Waals surface area (Å²) in [6.07, 6.45) is -5.55. The van der Waals surface area contributed by atoms with E-state index in [4.69, 9.17) is 5.11 Å². The summed E-state index contributed by atoms with van der Waals surface area (Å²) in [6.45, 7) is 0. The van der Waals surface area contributed by atoms with Gasteiger partial charge >= 0.3 is 6.18 Å². The van der Waals surface area contributed by atoms with Gasteiger partial charge in [0.1, 0.15) is 5.78 Å². The quantitative estimate of drug-likeness (QED) is 0.615. The van der Waals surface area contributed by atoms with E-state index in [1.54, 1.807) is 0 Å². The van der Waals surface area contributed by atoms with Gasteiger partial charge in [0, 0.05) is 12.8 Å². The minimum absolute atomic E-state index is 0.120. The second kappa shape index (κ2) is 2.73. The molecule has 1 saturated carbocycles. The van der Waals surface area contributed by atoms with Gasteiger partial charge in [0.2, 0.25) is 0 Å². The molecule has 0 aromatic carbocycles. The maximum absolute atomic E-state index is 12.1. The van der Waals surface area contributed by atoms with E-state index in [0.717, 1.165) is 0 Å². The van der Waals surface area contributed by atoms with Crippen molar-refractivity contribution in [2.45, 2.75) is 37.5 Å². The van der Waals surface area contributed by atoms with Crippen LogP contribution in [0.2, 0.25) is 0 Å². The van der Waals surface area contributed by atoms with Gasteiger partial charge in [-0.3, -0.25) is 4.79 Å². The van der Waals surface area contributed by atoms with Gasteiger partial charge in [-0.15, -0.1) is 0 Å². The zero-order valence-electron chi connectivity index (χ0n) is 6.32. The molecule has 0 heterocycles. The number of rotatable bonds is 0. The molecule has 1 aliphatic rings. The lowest BCUT2D eigenvalue weighted by Crippen LogP contribution is -2.48. The molecule has 1 unspecified atom stereocenters. The van der Waals surface area contributed by atoms with Crippen molar-refractivity contribution < 1.29 is 23.1 Å². The lowest BCUT2D eigenvalue weighted by molar-refractivity contribution is -0.266. The van der Waals surface area contributed by atoms with Gasteiger partial charge < -0.3 is 5.11 Å². The minimum atomic E-state index is -4.68. The van der Waals surface area contributed by atoms with E-state index in [1.165, 1.54) is 0 Å². The van der Waals surface area contributed by atoms with Gasteiger partial charge in [0.15, 0.2) is 5.60 Å². The molecule has 0 aromatic heterocycles. The van der Waals surface area contributed by atoms with Crippen LogP contribution in [0.4, 0.5) is 13.2 Å². The number of halogens is 3. The molecule has 2 nitrogen and oxygen atoms in total. The highest BCUT2D eigenvalue weighted by Crippen LogP contribution is 2.39. The van der Waals surface area contributed by atoms with Gasteiger partial charge in [-0.1, -0.05) is 0 Å². The predicted octanol–water partition coefficient (Wildman–Crippen LogP) is 1.42. The van der Waals surface area contributed by atoms with Gasteiger partial charge in [-0.25, -0.2) is 0 Å². The van der Waals surface area contributed by atoms with Gasteiger partial charge in [-0.05, 0) is 12.8 Å². The summed E-state index contributed by atoms with van der Waals surface area (Å²) < 4.78 is 36.3. The van der Waals surface area contributed by atoms with Crippen LogP contribution in [0.3, 0.4) is 0 Å². The van der Waals surface area contributed by atoms with Gasteiger partial charge in [-0.2, -0.15) is 13.2 Å². The number of Topliss-reactive ketones (excluding diaryl/α,β-unsaturated/α-hetero) is 1. The molecule has 0 amide bonds. The first kappa shape index (κ1) is 9.51. The van der Waals surface area contributed by atoms with Crippen molar-refractivity contribution in [3.8, 4) is 0 Å². The first-order chi connectivity index (χ1) is 5.35. The molecule has 0 aliphatic heterocycles. The Kier molecular flexibility index (Phi) is 2.16. The van der Waals surface area contributed by atoms with Crippen molar-refractivity contribution in [2.75, 3.05) is 0 Å². The van der Waals surface area contributed by atoms with Crippen LogP contribution in [0.15, 0.2) is 0 Å². The number of hydrogen-bond donors (Lipinski definition) is 1. The number of alkyl halides is 3. The third-order valence-electron chi connectivity index (χ3n) is 2.06. The molecule has 0 bridgehead atoms. The molecule has 12 heavy (non-hydrogen) atoms. The molecule has 0 spiro atoms. The van der Waals surface area contributed by atoms with Crippen LogP contribution in [0.1, 0.15) is 25.7 Å². The minimum Gasteiger partial charge on any atom is -0.380 e. The lowest BCUT2D eigenvalue weighted by Gasteiger charge is -2.32. The average Bonchev–Trinajstić information content (AvgIpc) is 1.83. The standard InChI is InChI=1S/C7H9F3O2/c8-7(9,10)6(12)3-1-2-5(11)4-6/h12H,1-4H2. The first-order valence-electron chi connectivity index (χ1n) is 3.66. The summed E-state index contributed by atoms with van der Waals surface area (Å²) in [4.78, 5) is 10.7. The van der Waals surface area contributed by atoms with E-state index < -0.39 is 24.0 Å². The van der Waals surface area contributed by atoms with E-state index in [9.17, 15) is 18.0 Å². The van der Waals surface area contributed by atoms with E-state index in [1.807, 2.05) is 0 Å². The maximum atomic E-state index is 12.1. The second-order valence-corrected chi connectivity index (χ2v) is 3.10. The van der Waals surface area contributed by atoms with Crippen LogP contribution in [-0.2, 0) is 4.79 Å². The molecule has 0 aromatic rings. The number of carbonyl (C=O) groups is 1. The fraction of sp³-hybridized carbons (Fsp3) is 0.857. The Morgan fingerprint density at radius 2 is 2.00 bits per heavy atom. The fourth-order valence-electron chi connectivity index (χ4n) is 1.32. The summed E-state index contributed by atoms with van der Waals surface area (Å²) in [5.41, 5.74) is -2.76. The van der Waals surface area contributed by atoms with E-state index in [0.29, 0.717) is 0 Å². The molecule has 0 saturated heterocycles. The second-order valence-electron chi connectivity index (χ2n) is 3.10. The fourth-order valence-corrected chi connectivity index (χ4v) is 1.32. The molecule has 5 heteroatoms. The van der Waals surface area contributed by atoms with E-state index in [2.05, 4.69) is 0 Å². The molecule has 0 radical (unpaired) electrons. The van der Waals surface area contributed by atoms with Gasteiger partial charge in [0.25, 0.3) is 0 Å². The van der Waals surface area contributed by atoms with Crippen LogP contribution >= 0.6 is 0 Å². The number of carbonyl (C=O) groups excluding carboxylic acids is 1. The van der Waals surface area contributed by atoms with Crippen LogP contribution in [0.25, 0.3) is 0 Å². The van der Waals surface area contributed by atoms with Crippen LogP contribution in [0, 0.1) is 0 Å². The topological polar surface area (TPSA) is 37.3 Å². The van der Waals surface area contributed by atoms with Crippen molar-refractivity contribution in [2.24, 2.45) is 0 Å². The van der Waals surface area contributed by atoms with E-state index in [-0.39, 0.29) is 19.3 Å². The Morgan fingerprint density at radius 3 is 2.33 bits per heavy atom. The summed E-state index contributed by atoms with van der Waals surface area (Å²) in [7, 11) is 0. The summed E-state index contributed by atoms with van der Waals surface area (Å²) >= 11 is 0. The highest BCUT2D eigenvalue weighted by molar-refractivity contribution is 5.80. The molecule has 1 fully saturated rings. The summed E-state index contributed by atoms with van der Waals surface area (Å²) in [6, 6.07) is 0. The Hall–Kier alpha value is -0.580. The van der Waals surface area contributed by atoms with Crippen molar-refractivity contribution in [1.82, 2.24) is 0 Å². The predicted molar refractivity (Wildman–Crippen MR) is 34.5 cm³/mol. The molecule has 1 atom stereocenters. The average molecular weight is 182 g/mol.